The second-order valence-corrected chi connectivity index (χ2v) is 6.56. The quantitative estimate of drug-likeness (QED) is 0.215. The highest BCUT2D eigenvalue weighted by atomic mass is 19.4. The molecule has 0 unspecified atom stereocenters. The average Bonchev–Trinajstić information content (AvgIpc) is 2.77. The van der Waals surface area contributed by atoms with E-state index in [1.54, 1.807) is 19.1 Å². The maximum Gasteiger partial charge on any atom is 0.490 e. The lowest BCUT2D eigenvalue weighted by atomic mass is 10.0. The van der Waals surface area contributed by atoms with Gasteiger partial charge in [-0.2, -0.15) is 13.2 Å². The number of hydrogen-bond donors (Lipinski definition) is 5. The number of alkyl halides is 3. The van der Waals surface area contributed by atoms with Crippen LogP contribution in [0.4, 0.5) is 13.2 Å². The van der Waals surface area contributed by atoms with Crippen molar-refractivity contribution >= 4 is 29.5 Å². The predicted octanol–water partition coefficient (Wildman–Crippen LogP) is 2.07. The summed E-state index contributed by atoms with van der Waals surface area (Å²) in [5.41, 5.74) is 6.57. The van der Waals surface area contributed by atoms with Crippen LogP contribution >= 0.6 is 0 Å². The molecule has 2 rings (SSSR count). The number of rotatable bonds is 8. The molecule has 13 heteroatoms. The molecule has 0 heterocycles. The van der Waals surface area contributed by atoms with Crippen LogP contribution < -0.4 is 15.8 Å². The smallest absolute Gasteiger partial charge is 0.482 e. The minimum absolute atomic E-state index is 0.0960. The number of benzene rings is 2. The van der Waals surface area contributed by atoms with Crippen molar-refractivity contribution in [1.29, 1.82) is 5.41 Å². The van der Waals surface area contributed by atoms with Crippen molar-refractivity contribution in [3.8, 4) is 5.75 Å². The first kappa shape index (κ1) is 27.6. The maximum atomic E-state index is 12.4. The fourth-order valence-electron chi connectivity index (χ4n) is 2.26. The normalized spacial score (nSPS) is 11.3. The van der Waals surface area contributed by atoms with Crippen LogP contribution in [-0.4, -0.2) is 58.5 Å². The lowest BCUT2D eigenvalue weighted by Crippen LogP contribution is -2.38. The first-order chi connectivity index (χ1) is 15.7. The van der Waals surface area contributed by atoms with Crippen molar-refractivity contribution in [2.45, 2.75) is 19.1 Å². The van der Waals surface area contributed by atoms with Crippen molar-refractivity contribution in [1.82, 2.24) is 5.32 Å². The number of nitrogens with two attached hydrogens (primary N) is 1. The van der Waals surface area contributed by atoms with Gasteiger partial charge in [-0.25, -0.2) is 9.59 Å². The summed E-state index contributed by atoms with van der Waals surface area (Å²) in [7, 11) is 0. The van der Waals surface area contributed by atoms with Crippen LogP contribution in [0.3, 0.4) is 0 Å². The number of ether oxygens (including phenoxy) is 1. The first-order valence-corrected chi connectivity index (χ1v) is 9.26. The Morgan fingerprint density at radius 2 is 1.41 bits per heavy atom. The second-order valence-electron chi connectivity index (χ2n) is 6.56. The molecule has 1 amide bonds. The van der Waals surface area contributed by atoms with E-state index in [0.717, 1.165) is 0 Å². The molecule has 0 aliphatic carbocycles. The van der Waals surface area contributed by atoms with Gasteiger partial charge >= 0.3 is 18.1 Å². The van der Waals surface area contributed by atoms with Crippen LogP contribution in [-0.2, 0) is 9.59 Å². The van der Waals surface area contributed by atoms with Gasteiger partial charge in [0.25, 0.3) is 5.91 Å². The minimum Gasteiger partial charge on any atom is -0.482 e. The maximum absolute atomic E-state index is 12.4. The molecule has 6 N–H and O–H groups in total. The minimum atomic E-state index is -5.08. The fourth-order valence-corrected chi connectivity index (χ4v) is 2.26. The zero-order chi connectivity index (χ0) is 26.1. The molecule has 0 bridgehead atoms. The number of aliphatic carboxylic acids is 2. The van der Waals surface area contributed by atoms with E-state index in [2.05, 4.69) is 5.32 Å². The van der Waals surface area contributed by atoms with Gasteiger partial charge in [0.15, 0.2) is 12.4 Å². The Labute approximate surface area is 190 Å². The van der Waals surface area contributed by atoms with Crippen LogP contribution in [0, 0.1) is 5.41 Å². The third kappa shape index (κ3) is 8.98. The van der Waals surface area contributed by atoms with Gasteiger partial charge in [-0.1, -0.05) is 12.1 Å². The summed E-state index contributed by atoms with van der Waals surface area (Å²) in [6.07, 6.45) is -5.08. The highest BCUT2D eigenvalue weighted by molar-refractivity contribution is 6.04. The number of nitrogen functional groups attached to an aromatic ring is 1. The molecule has 0 aliphatic heterocycles. The molecule has 0 aromatic heterocycles. The number of Topliss-reactive ketones (excluding diaryl/α,β-unsaturated/α-hetero) is 1. The largest absolute Gasteiger partial charge is 0.490 e. The molecule has 0 saturated heterocycles. The number of hydrogen-bond acceptors (Lipinski definition) is 6. The summed E-state index contributed by atoms with van der Waals surface area (Å²) in [5.74, 6) is -4.34. The van der Waals surface area contributed by atoms with E-state index < -0.39 is 36.7 Å². The van der Waals surface area contributed by atoms with Crippen molar-refractivity contribution in [2.75, 3.05) is 6.61 Å². The van der Waals surface area contributed by atoms with Crippen LogP contribution in [0.1, 0.15) is 33.2 Å². The topological polar surface area (TPSA) is 180 Å². The number of halogens is 3. The number of carbonyl (C=O) groups is 4. The van der Waals surface area contributed by atoms with Gasteiger partial charge in [0, 0.05) is 16.7 Å². The number of amidine groups is 1. The van der Waals surface area contributed by atoms with Crippen molar-refractivity contribution in [3.05, 3.63) is 65.2 Å². The van der Waals surface area contributed by atoms with E-state index in [-0.39, 0.29) is 11.6 Å². The van der Waals surface area contributed by atoms with E-state index in [0.29, 0.717) is 22.4 Å². The monoisotopic (exact) mass is 483 g/mol. The molecule has 1 atom stereocenters. The highest BCUT2D eigenvalue weighted by Gasteiger charge is 2.38. The summed E-state index contributed by atoms with van der Waals surface area (Å²) >= 11 is 0. The number of carboxylic acid groups (broad SMARTS) is 2. The molecule has 0 spiro atoms. The van der Waals surface area contributed by atoms with E-state index in [1.165, 1.54) is 36.4 Å². The Bertz CT molecular complexity index is 1050. The first-order valence-electron chi connectivity index (χ1n) is 9.26. The van der Waals surface area contributed by atoms with E-state index >= 15 is 0 Å². The zero-order valence-electron chi connectivity index (χ0n) is 17.6. The Kier molecular flexibility index (Phi) is 9.74. The summed E-state index contributed by atoms with van der Waals surface area (Å²) < 4.78 is 36.7. The SMILES string of the molecule is C[C@H](NC(=O)c1ccc(C(=N)N)cc1)C(=O)c1ccc(OCC(=O)O)cc1.O=C(O)C(F)(F)F. The number of nitrogens with one attached hydrogen (secondary N) is 2. The average molecular weight is 483 g/mol. The summed E-state index contributed by atoms with van der Waals surface area (Å²) in [6, 6.07) is 11.4. The molecule has 0 saturated carbocycles. The van der Waals surface area contributed by atoms with E-state index in [4.69, 9.17) is 30.9 Å². The molecule has 182 valence electrons. The molecule has 0 aliphatic rings. The van der Waals surface area contributed by atoms with Crippen LogP contribution in [0.5, 0.6) is 5.75 Å². The van der Waals surface area contributed by atoms with Gasteiger partial charge in [0.1, 0.15) is 11.6 Å². The second kappa shape index (κ2) is 12.0. The summed E-state index contributed by atoms with van der Waals surface area (Å²) in [6.45, 7) is 1.10. The Hall–Kier alpha value is -4.42. The fraction of sp³-hybridized carbons (Fsp3) is 0.190. The molecule has 2 aromatic carbocycles. The lowest BCUT2D eigenvalue weighted by Gasteiger charge is -2.13. The third-order valence-corrected chi connectivity index (χ3v) is 3.94. The van der Waals surface area contributed by atoms with Gasteiger partial charge in [0.2, 0.25) is 0 Å². The molecule has 2 aromatic rings. The summed E-state index contributed by atoms with van der Waals surface area (Å²) in [4.78, 5) is 44.1. The number of ketones is 1. The highest BCUT2D eigenvalue weighted by Crippen LogP contribution is 2.14. The third-order valence-electron chi connectivity index (χ3n) is 3.94. The predicted molar refractivity (Wildman–Crippen MR) is 112 cm³/mol. The van der Waals surface area contributed by atoms with Gasteiger partial charge in [-0.15, -0.1) is 0 Å². The summed E-state index contributed by atoms with van der Waals surface area (Å²) in [5, 5.41) is 25.6. The Balaban J connectivity index is 0.000000718. The number of carbonyl (C=O) groups excluding carboxylic acids is 2. The molecule has 0 radical (unpaired) electrons. The Morgan fingerprint density at radius 1 is 0.971 bits per heavy atom. The van der Waals surface area contributed by atoms with E-state index in [9.17, 15) is 27.6 Å². The lowest BCUT2D eigenvalue weighted by molar-refractivity contribution is -0.192. The van der Waals surface area contributed by atoms with Gasteiger partial charge in [-0.3, -0.25) is 15.0 Å². The van der Waals surface area contributed by atoms with Gasteiger partial charge < -0.3 is 26.0 Å². The number of amides is 1. The van der Waals surface area contributed by atoms with Crippen molar-refractivity contribution in [3.63, 3.8) is 0 Å². The van der Waals surface area contributed by atoms with E-state index in [1.807, 2.05) is 0 Å². The zero-order valence-corrected chi connectivity index (χ0v) is 17.6. The van der Waals surface area contributed by atoms with Crippen molar-refractivity contribution in [2.24, 2.45) is 5.73 Å². The van der Waals surface area contributed by atoms with Crippen molar-refractivity contribution < 1.29 is 47.3 Å². The molecule has 34 heavy (non-hydrogen) atoms. The number of carboxylic acids is 2. The van der Waals surface area contributed by atoms with Crippen LogP contribution in [0.2, 0.25) is 0 Å². The molecule has 0 fully saturated rings. The Morgan fingerprint density at radius 3 is 1.82 bits per heavy atom. The van der Waals surface area contributed by atoms with Crippen LogP contribution in [0.25, 0.3) is 0 Å². The van der Waals surface area contributed by atoms with Gasteiger partial charge in [-0.05, 0) is 43.3 Å². The van der Waals surface area contributed by atoms with Gasteiger partial charge in [0.05, 0.1) is 6.04 Å². The molecular weight excluding hydrogens is 463 g/mol. The molecule has 10 nitrogen and oxygen atoms in total. The standard InChI is InChI=1S/C19H19N3O5.C2HF3O2/c1-11(22-19(26)14-4-2-13(3-5-14)18(20)21)17(25)12-6-8-15(9-7-12)27-10-16(23)24;3-2(4,5)1(6)7/h2-9,11H,10H2,1H3,(H3,20,21)(H,22,26)(H,23,24);(H,6,7)/t11-;/m0./s1. The molecular formula is C21H20F3N3O7. The van der Waals surface area contributed by atoms with Crippen LogP contribution in [0.15, 0.2) is 48.5 Å².